The van der Waals surface area contributed by atoms with Gasteiger partial charge in [0.15, 0.2) is 9.84 Å². The number of halogens is 1. The molecule has 1 fully saturated rings. The lowest BCUT2D eigenvalue weighted by Crippen LogP contribution is -2.23. The molecule has 3 atom stereocenters. The van der Waals surface area contributed by atoms with Gasteiger partial charge in [0, 0.05) is 0 Å². The summed E-state index contributed by atoms with van der Waals surface area (Å²) >= 11 is 2.17. The molecule has 0 aliphatic carbocycles. The standard InChI is InChI=1S/C12H15IO3S/c1-9(10-5-3-2-4-6-10)16-12-8-17(14,15)7-11(12)13/h2-6,9,11-12H,7-8H2,1H3. The van der Waals surface area contributed by atoms with Crippen molar-refractivity contribution in [2.45, 2.75) is 23.1 Å². The fourth-order valence-corrected chi connectivity index (χ4v) is 6.02. The molecule has 0 bridgehead atoms. The van der Waals surface area contributed by atoms with Crippen molar-refractivity contribution in [2.75, 3.05) is 11.5 Å². The quantitative estimate of drug-likeness (QED) is 0.610. The van der Waals surface area contributed by atoms with Gasteiger partial charge in [-0.15, -0.1) is 0 Å². The average Bonchev–Trinajstić information content (AvgIpc) is 2.53. The Balaban J connectivity index is 2.03. The fourth-order valence-electron chi connectivity index (χ4n) is 1.96. The van der Waals surface area contributed by atoms with Gasteiger partial charge in [0.25, 0.3) is 0 Å². The summed E-state index contributed by atoms with van der Waals surface area (Å²) in [4.78, 5) is 0. The van der Waals surface area contributed by atoms with E-state index in [0.717, 1.165) is 5.56 Å². The molecule has 1 aliphatic heterocycles. The summed E-state index contributed by atoms with van der Waals surface area (Å²) in [5.41, 5.74) is 1.08. The second-order valence-electron chi connectivity index (χ2n) is 4.32. The zero-order chi connectivity index (χ0) is 12.5. The van der Waals surface area contributed by atoms with Crippen LogP contribution in [0.15, 0.2) is 30.3 Å². The summed E-state index contributed by atoms with van der Waals surface area (Å²) in [6.07, 6.45) is -0.248. The second-order valence-corrected chi connectivity index (χ2v) is 8.07. The molecular formula is C12H15IO3S. The molecule has 1 aromatic carbocycles. The molecule has 0 radical (unpaired) electrons. The van der Waals surface area contributed by atoms with Crippen LogP contribution < -0.4 is 0 Å². The largest absolute Gasteiger partial charge is 0.368 e. The Hall–Kier alpha value is -0.140. The third kappa shape index (κ3) is 3.42. The Bertz CT molecular complexity index is 472. The Kier molecular flexibility index (Phi) is 4.10. The van der Waals surface area contributed by atoms with Crippen LogP contribution in [0.1, 0.15) is 18.6 Å². The third-order valence-electron chi connectivity index (χ3n) is 2.88. The predicted octanol–water partition coefficient (Wildman–Crippen LogP) is 2.36. The molecule has 5 heteroatoms. The summed E-state index contributed by atoms with van der Waals surface area (Å²) in [5, 5.41) is 0. The summed E-state index contributed by atoms with van der Waals surface area (Å²) in [7, 11) is -2.90. The molecule has 1 heterocycles. The number of sulfone groups is 1. The second kappa shape index (κ2) is 5.24. The van der Waals surface area contributed by atoms with Crippen LogP contribution in [0.25, 0.3) is 0 Å². The monoisotopic (exact) mass is 366 g/mol. The van der Waals surface area contributed by atoms with Crippen LogP contribution in [0.2, 0.25) is 0 Å². The number of hydrogen-bond donors (Lipinski definition) is 0. The van der Waals surface area contributed by atoms with E-state index in [2.05, 4.69) is 22.6 Å². The molecule has 1 aliphatic rings. The number of ether oxygens (including phenoxy) is 1. The first-order valence-corrected chi connectivity index (χ1v) is 8.59. The highest BCUT2D eigenvalue weighted by Gasteiger charge is 2.37. The first kappa shape index (κ1) is 13.3. The molecule has 0 amide bonds. The lowest BCUT2D eigenvalue weighted by Gasteiger charge is -2.20. The first-order chi connectivity index (χ1) is 7.98. The van der Waals surface area contributed by atoms with Crippen LogP contribution in [0.3, 0.4) is 0 Å². The van der Waals surface area contributed by atoms with E-state index < -0.39 is 9.84 Å². The lowest BCUT2D eigenvalue weighted by atomic mass is 10.1. The summed E-state index contributed by atoms with van der Waals surface area (Å²) < 4.78 is 28.9. The van der Waals surface area contributed by atoms with Crippen molar-refractivity contribution in [3.63, 3.8) is 0 Å². The molecule has 0 N–H and O–H groups in total. The van der Waals surface area contributed by atoms with Gasteiger partial charge >= 0.3 is 0 Å². The number of hydrogen-bond acceptors (Lipinski definition) is 3. The van der Waals surface area contributed by atoms with Crippen LogP contribution in [-0.4, -0.2) is 30.0 Å². The summed E-state index contributed by atoms with van der Waals surface area (Å²) in [6, 6.07) is 9.87. The maximum absolute atomic E-state index is 11.5. The maximum Gasteiger partial charge on any atom is 0.154 e. The highest BCUT2D eigenvalue weighted by atomic mass is 127. The van der Waals surface area contributed by atoms with Gasteiger partial charge in [-0.2, -0.15) is 0 Å². The van der Waals surface area contributed by atoms with Crippen molar-refractivity contribution in [1.29, 1.82) is 0 Å². The topological polar surface area (TPSA) is 43.4 Å². The molecule has 1 aromatic rings. The average molecular weight is 366 g/mol. The Labute approximate surface area is 116 Å². The predicted molar refractivity (Wildman–Crippen MR) is 76.2 cm³/mol. The van der Waals surface area contributed by atoms with Crippen LogP contribution in [0, 0.1) is 0 Å². The van der Waals surface area contributed by atoms with Gasteiger partial charge in [-0.05, 0) is 12.5 Å². The van der Waals surface area contributed by atoms with E-state index in [-0.39, 0.29) is 27.6 Å². The normalized spacial score (nSPS) is 29.1. The number of alkyl halides is 1. The zero-order valence-electron chi connectivity index (χ0n) is 9.54. The van der Waals surface area contributed by atoms with Gasteiger partial charge in [0.1, 0.15) is 0 Å². The molecule has 2 rings (SSSR count). The van der Waals surface area contributed by atoms with E-state index in [0.29, 0.717) is 0 Å². The molecule has 1 saturated heterocycles. The van der Waals surface area contributed by atoms with Crippen LogP contribution in [0.4, 0.5) is 0 Å². The van der Waals surface area contributed by atoms with Crippen LogP contribution >= 0.6 is 22.6 Å². The molecule has 3 unspecified atom stereocenters. The molecule has 0 spiro atoms. The Morgan fingerprint density at radius 1 is 1.29 bits per heavy atom. The van der Waals surface area contributed by atoms with Gasteiger partial charge in [-0.3, -0.25) is 0 Å². The highest BCUT2D eigenvalue weighted by molar-refractivity contribution is 14.1. The zero-order valence-corrected chi connectivity index (χ0v) is 12.5. The molecule has 17 heavy (non-hydrogen) atoms. The van der Waals surface area contributed by atoms with E-state index in [4.69, 9.17) is 4.74 Å². The third-order valence-corrected chi connectivity index (χ3v) is 6.43. The van der Waals surface area contributed by atoms with Crippen molar-refractivity contribution in [2.24, 2.45) is 0 Å². The minimum atomic E-state index is -2.90. The maximum atomic E-state index is 11.5. The van der Waals surface area contributed by atoms with Gasteiger partial charge in [-0.1, -0.05) is 52.9 Å². The van der Waals surface area contributed by atoms with Crippen molar-refractivity contribution in [3.8, 4) is 0 Å². The summed E-state index contributed by atoms with van der Waals surface area (Å²) in [6.45, 7) is 1.96. The Morgan fingerprint density at radius 2 is 1.94 bits per heavy atom. The first-order valence-electron chi connectivity index (χ1n) is 5.53. The molecule has 0 saturated carbocycles. The number of benzene rings is 1. The van der Waals surface area contributed by atoms with Gasteiger partial charge in [-0.25, -0.2) is 8.42 Å². The van der Waals surface area contributed by atoms with Gasteiger partial charge in [0.05, 0.1) is 27.6 Å². The van der Waals surface area contributed by atoms with Gasteiger partial charge < -0.3 is 4.74 Å². The Morgan fingerprint density at radius 3 is 2.47 bits per heavy atom. The van der Waals surface area contributed by atoms with Crippen molar-refractivity contribution in [1.82, 2.24) is 0 Å². The van der Waals surface area contributed by atoms with E-state index in [1.165, 1.54) is 0 Å². The van der Waals surface area contributed by atoms with E-state index in [9.17, 15) is 8.42 Å². The molecule has 94 valence electrons. The molecule has 0 aromatic heterocycles. The van der Waals surface area contributed by atoms with E-state index in [1.807, 2.05) is 37.3 Å². The molecule has 3 nitrogen and oxygen atoms in total. The lowest BCUT2D eigenvalue weighted by molar-refractivity contribution is 0.0165. The smallest absolute Gasteiger partial charge is 0.154 e. The highest BCUT2D eigenvalue weighted by Crippen LogP contribution is 2.28. The van der Waals surface area contributed by atoms with Crippen molar-refractivity contribution in [3.05, 3.63) is 35.9 Å². The SMILES string of the molecule is CC(OC1CS(=O)(=O)CC1I)c1ccccc1. The minimum Gasteiger partial charge on any atom is -0.368 e. The van der Waals surface area contributed by atoms with Crippen molar-refractivity contribution < 1.29 is 13.2 Å². The number of rotatable bonds is 3. The minimum absolute atomic E-state index is 0.0590. The van der Waals surface area contributed by atoms with E-state index >= 15 is 0 Å². The van der Waals surface area contributed by atoms with Crippen LogP contribution in [-0.2, 0) is 14.6 Å². The van der Waals surface area contributed by atoms with E-state index in [1.54, 1.807) is 0 Å². The molecular weight excluding hydrogens is 351 g/mol. The summed E-state index contributed by atoms with van der Waals surface area (Å²) in [5.74, 6) is 0.386. The van der Waals surface area contributed by atoms with Crippen LogP contribution in [0.5, 0.6) is 0 Å². The van der Waals surface area contributed by atoms with Crippen molar-refractivity contribution >= 4 is 32.4 Å². The van der Waals surface area contributed by atoms with Gasteiger partial charge in [0.2, 0.25) is 0 Å². The fraction of sp³-hybridized carbons (Fsp3) is 0.500.